The van der Waals surface area contributed by atoms with Gasteiger partial charge in [0, 0.05) is 24.1 Å². The molecule has 0 fully saturated rings. The van der Waals surface area contributed by atoms with Gasteiger partial charge in [-0.15, -0.1) is 11.8 Å². The van der Waals surface area contributed by atoms with Gasteiger partial charge in [-0.05, 0) is 30.2 Å². The maximum atomic E-state index is 12.1. The van der Waals surface area contributed by atoms with Crippen LogP contribution in [-0.2, 0) is 20.4 Å². The number of nitrogens with zero attached hydrogens (tertiary/aromatic N) is 1. The van der Waals surface area contributed by atoms with Gasteiger partial charge in [0.25, 0.3) is 5.69 Å². The van der Waals surface area contributed by atoms with Gasteiger partial charge in [-0.25, -0.2) is 8.42 Å². The zero-order valence-electron chi connectivity index (χ0n) is 14.9. The van der Waals surface area contributed by atoms with Crippen LogP contribution in [0.1, 0.15) is 24.1 Å². The third-order valence-electron chi connectivity index (χ3n) is 3.83. The predicted molar refractivity (Wildman–Crippen MR) is 105 cm³/mol. The number of carbonyl (C=O) groups excluding carboxylic acids is 1. The lowest BCUT2D eigenvalue weighted by molar-refractivity contribution is -0.384. The van der Waals surface area contributed by atoms with Crippen LogP contribution in [0.3, 0.4) is 0 Å². The SMILES string of the molecule is C[C@@H](NC(=O)CSCc1ccc([N+](=O)[O-])cc1)c1ccc(S(C)(=O)=O)cc1. The number of rotatable bonds is 8. The lowest BCUT2D eigenvalue weighted by Crippen LogP contribution is -2.28. The molecular formula is C18H20N2O5S2. The fourth-order valence-corrected chi connectivity index (χ4v) is 3.78. The molecule has 0 saturated carbocycles. The van der Waals surface area contributed by atoms with Crippen molar-refractivity contribution in [3.8, 4) is 0 Å². The van der Waals surface area contributed by atoms with Gasteiger partial charge in [0.2, 0.25) is 5.91 Å². The van der Waals surface area contributed by atoms with E-state index in [-0.39, 0.29) is 28.3 Å². The number of non-ortho nitro benzene ring substituents is 1. The van der Waals surface area contributed by atoms with Crippen LogP contribution in [0.25, 0.3) is 0 Å². The maximum absolute atomic E-state index is 12.1. The third-order valence-corrected chi connectivity index (χ3v) is 5.97. The van der Waals surface area contributed by atoms with Crippen LogP contribution in [0.2, 0.25) is 0 Å². The Bertz CT molecular complexity index is 910. The summed E-state index contributed by atoms with van der Waals surface area (Å²) in [5.74, 6) is 0.688. The Hall–Kier alpha value is -2.39. The first-order valence-corrected chi connectivity index (χ1v) is 11.1. The summed E-state index contributed by atoms with van der Waals surface area (Å²) >= 11 is 1.41. The van der Waals surface area contributed by atoms with Crippen molar-refractivity contribution >= 4 is 33.2 Å². The van der Waals surface area contributed by atoms with Gasteiger partial charge in [0.15, 0.2) is 9.84 Å². The number of hydrogen-bond donors (Lipinski definition) is 1. The highest BCUT2D eigenvalue weighted by atomic mass is 32.2. The van der Waals surface area contributed by atoms with Crippen LogP contribution in [0.4, 0.5) is 5.69 Å². The molecule has 0 aliphatic heterocycles. The molecule has 0 unspecified atom stereocenters. The van der Waals surface area contributed by atoms with Crippen molar-refractivity contribution < 1.29 is 18.1 Å². The van der Waals surface area contributed by atoms with Crippen LogP contribution in [0, 0.1) is 10.1 Å². The van der Waals surface area contributed by atoms with Crippen molar-refractivity contribution in [3.05, 3.63) is 69.8 Å². The molecule has 0 radical (unpaired) electrons. The van der Waals surface area contributed by atoms with Gasteiger partial charge in [-0.1, -0.05) is 24.3 Å². The molecule has 0 aromatic heterocycles. The zero-order chi connectivity index (χ0) is 20.0. The number of thioether (sulfide) groups is 1. The van der Waals surface area contributed by atoms with Gasteiger partial charge in [0.05, 0.1) is 21.6 Å². The summed E-state index contributed by atoms with van der Waals surface area (Å²) in [4.78, 5) is 22.5. The van der Waals surface area contributed by atoms with Crippen molar-refractivity contribution in [2.75, 3.05) is 12.0 Å². The molecule has 2 rings (SSSR count). The Balaban J connectivity index is 1.81. The second-order valence-electron chi connectivity index (χ2n) is 6.05. The Morgan fingerprint density at radius 2 is 1.74 bits per heavy atom. The number of nitro groups is 1. The van der Waals surface area contributed by atoms with Crippen molar-refractivity contribution in [1.82, 2.24) is 5.32 Å². The van der Waals surface area contributed by atoms with Crippen LogP contribution >= 0.6 is 11.8 Å². The molecule has 0 heterocycles. The number of amides is 1. The molecule has 0 saturated heterocycles. The number of sulfone groups is 1. The minimum atomic E-state index is -3.24. The van der Waals surface area contributed by atoms with E-state index in [0.717, 1.165) is 17.4 Å². The Morgan fingerprint density at radius 1 is 1.15 bits per heavy atom. The van der Waals surface area contributed by atoms with Crippen LogP contribution < -0.4 is 5.32 Å². The summed E-state index contributed by atoms with van der Waals surface area (Å²) in [5.41, 5.74) is 1.76. The minimum absolute atomic E-state index is 0.0391. The van der Waals surface area contributed by atoms with Gasteiger partial charge in [-0.2, -0.15) is 0 Å². The number of nitrogens with one attached hydrogen (secondary N) is 1. The molecule has 9 heteroatoms. The summed E-state index contributed by atoms with van der Waals surface area (Å²) in [6.45, 7) is 1.83. The molecule has 2 aromatic carbocycles. The summed E-state index contributed by atoms with van der Waals surface area (Å²) in [5, 5.41) is 13.5. The van der Waals surface area contributed by atoms with Crippen molar-refractivity contribution in [2.45, 2.75) is 23.6 Å². The highest BCUT2D eigenvalue weighted by Gasteiger charge is 2.12. The molecule has 0 aliphatic rings. The van der Waals surface area contributed by atoms with Gasteiger partial charge < -0.3 is 5.32 Å². The highest BCUT2D eigenvalue weighted by Crippen LogP contribution is 2.18. The molecule has 2 aromatic rings. The molecule has 1 amide bonds. The first-order valence-electron chi connectivity index (χ1n) is 8.07. The second-order valence-corrected chi connectivity index (χ2v) is 9.05. The van der Waals surface area contributed by atoms with Crippen LogP contribution in [0.5, 0.6) is 0 Å². The fraction of sp³-hybridized carbons (Fsp3) is 0.278. The molecule has 144 valence electrons. The van der Waals surface area contributed by atoms with E-state index >= 15 is 0 Å². The van der Waals surface area contributed by atoms with E-state index in [4.69, 9.17) is 0 Å². The normalized spacial score (nSPS) is 12.4. The number of benzene rings is 2. The first-order chi connectivity index (χ1) is 12.7. The van der Waals surface area contributed by atoms with Crippen molar-refractivity contribution in [1.29, 1.82) is 0 Å². The second kappa shape index (κ2) is 9.01. The van der Waals surface area contributed by atoms with Crippen molar-refractivity contribution in [3.63, 3.8) is 0 Å². The van der Waals surface area contributed by atoms with E-state index < -0.39 is 14.8 Å². The summed E-state index contributed by atoms with van der Waals surface area (Å²) in [6, 6.07) is 12.4. The zero-order valence-corrected chi connectivity index (χ0v) is 16.5. The average Bonchev–Trinajstić information content (AvgIpc) is 2.61. The number of nitro benzene ring substituents is 1. The first kappa shape index (κ1) is 20.9. The van der Waals surface area contributed by atoms with Gasteiger partial charge in [-0.3, -0.25) is 14.9 Å². The Labute approximate surface area is 162 Å². The Morgan fingerprint density at radius 3 is 2.26 bits per heavy atom. The van der Waals surface area contributed by atoms with E-state index in [1.807, 2.05) is 6.92 Å². The molecular weight excluding hydrogens is 388 g/mol. The highest BCUT2D eigenvalue weighted by molar-refractivity contribution is 7.99. The number of carbonyl (C=O) groups is 1. The van der Waals surface area contributed by atoms with E-state index in [1.165, 1.54) is 36.0 Å². The van der Waals surface area contributed by atoms with E-state index in [1.54, 1.807) is 24.3 Å². The molecule has 0 spiro atoms. The van der Waals surface area contributed by atoms with E-state index in [0.29, 0.717) is 5.75 Å². The van der Waals surface area contributed by atoms with Gasteiger partial charge in [0.1, 0.15) is 0 Å². The van der Waals surface area contributed by atoms with Gasteiger partial charge >= 0.3 is 0 Å². The van der Waals surface area contributed by atoms with Crippen molar-refractivity contribution in [2.24, 2.45) is 0 Å². The van der Waals surface area contributed by atoms with E-state index in [9.17, 15) is 23.3 Å². The lowest BCUT2D eigenvalue weighted by atomic mass is 10.1. The Kier molecular flexibility index (Phi) is 6.98. The van der Waals surface area contributed by atoms with E-state index in [2.05, 4.69) is 5.32 Å². The largest absolute Gasteiger partial charge is 0.349 e. The molecule has 27 heavy (non-hydrogen) atoms. The summed E-state index contributed by atoms with van der Waals surface area (Å²) in [6.07, 6.45) is 1.15. The number of hydrogen-bond acceptors (Lipinski definition) is 6. The third kappa shape index (κ3) is 6.37. The topological polar surface area (TPSA) is 106 Å². The van der Waals surface area contributed by atoms with Crippen LogP contribution in [0.15, 0.2) is 53.4 Å². The molecule has 1 N–H and O–H groups in total. The molecule has 0 aliphatic carbocycles. The lowest BCUT2D eigenvalue weighted by Gasteiger charge is -2.14. The monoisotopic (exact) mass is 408 g/mol. The maximum Gasteiger partial charge on any atom is 0.269 e. The minimum Gasteiger partial charge on any atom is -0.349 e. The smallest absolute Gasteiger partial charge is 0.269 e. The summed E-state index contributed by atoms with van der Waals surface area (Å²) in [7, 11) is -3.24. The molecule has 1 atom stereocenters. The quantitative estimate of drug-likeness (QED) is 0.531. The average molecular weight is 409 g/mol. The van der Waals surface area contributed by atoms with Crippen LogP contribution in [-0.4, -0.2) is 31.3 Å². The molecule has 7 nitrogen and oxygen atoms in total. The molecule has 0 bridgehead atoms. The summed E-state index contributed by atoms with van der Waals surface area (Å²) < 4.78 is 22.9. The fourth-order valence-electron chi connectivity index (χ4n) is 2.35. The standard InChI is InChI=1S/C18H20N2O5S2/c1-13(15-5-9-17(10-6-15)27(2,24)25)19-18(21)12-26-11-14-3-7-16(8-4-14)20(22)23/h3-10,13H,11-12H2,1-2H3,(H,19,21)/t13-/m1/s1. The predicted octanol–water partition coefficient (Wildman–Crippen LogP) is 3.11.